The van der Waals surface area contributed by atoms with Crippen LogP contribution in [0.3, 0.4) is 0 Å². The third-order valence-corrected chi connectivity index (χ3v) is 3.41. The molecule has 1 heterocycles. The molecular formula is C16H22N4O. The molecule has 1 aromatic heterocycles. The van der Waals surface area contributed by atoms with Crippen LogP contribution in [0.25, 0.3) is 0 Å². The quantitative estimate of drug-likeness (QED) is 0.763. The van der Waals surface area contributed by atoms with E-state index in [9.17, 15) is 4.79 Å². The molecule has 1 atom stereocenters. The molecule has 21 heavy (non-hydrogen) atoms. The number of nitrogens with one attached hydrogen (secondary N) is 1. The minimum Gasteiger partial charge on any atom is -0.399 e. The second-order valence-corrected chi connectivity index (χ2v) is 5.37. The highest BCUT2D eigenvalue weighted by Gasteiger charge is 2.07. The maximum atomic E-state index is 11.9. The highest BCUT2D eigenvalue weighted by molar-refractivity contribution is 5.76. The normalized spacial score (nSPS) is 12.0. The van der Waals surface area contributed by atoms with E-state index in [1.54, 1.807) is 12.5 Å². The molecule has 2 aromatic rings. The number of nitrogens with two attached hydrogens (primary N) is 1. The molecule has 1 unspecified atom stereocenters. The molecule has 0 aliphatic heterocycles. The summed E-state index contributed by atoms with van der Waals surface area (Å²) in [5, 5.41) is 2.97. The van der Waals surface area contributed by atoms with Crippen molar-refractivity contribution in [2.75, 3.05) is 12.3 Å². The molecule has 112 valence electrons. The number of para-hydroxylation sites is 1. The van der Waals surface area contributed by atoms with Gasteiger partial charge in [0.25, 0.3) is 0 Å². The Morgan fingerprint density at radius 1 is 1.43 bits per heavy atom. The number of benzene rings is 1. The largest absolute Gasteiger partial charge is 0.399 e. The average Bonchev–Trinajstić information content (AvgIpc) is 2.97. The topological polar surface area (TPSA) is 72.9 Å². The second-order valence-electron chi connectivity index (χ2n) is 5.37. The van der Waals surface area contributed by atoms with Gasteiger partial charge in [-0.05, 0) is 24.0 Å². The van der Waals surface area contributed by atoms with Gasteiger partial charge in [0.05, 0.1) is 6.33 Å². The number of anilines is 1. The summed E-state index contributed by atoms with van der Waals surface area (Å²) in [7, 11) is 0. The van der Waals surface area contributed by atoms with Crippen LogP contribution in [0.15, 0.2) is 43.0 Å². The van der Waals surface area contributed by atoms with Crippen LogP contribution in [0.1, 0.15) is 18.9 Å². The maximum Gasteiger partial charge on any atom is 0.220 e. The summed E-state index contributed by atoms with van der Waals surface area (Å²) < 4.78 is 2.02. The first-order valence-electron chi connectivity index (χ1n) is 7.21. The molecule has 5 nitrogen and oxygen atoms in total. The van der Waals surface area contributed by atoms with E-state index in [4.69, 9.17) is 5.73 Å². The van der Waals surface area contributed by atoms with Crippen LogP contribution in [0, 0.1) is 5.92 Å². The van der Waals surface area contributed by atoms with Crippen LogP contribution in [-0.2, 0) is 17.8 Å². The van der Waals surface area contributed by atoms with Crippen molar-refractivity contribution in [2.45, 2.75) is 26.3 Å². The Labute approximate surface area is 125 Å². The summed E-state index contributed by atoms with van der Waals surface area (Å²) in [6.07, 6.45) is 6.61. The van der Waals surface area contributed by atoms with E-state index < -0.39 is 0 Å². The van der Waals surface area contributed by atoms with Crippen molar-refractivity contribution in [3.63, 3.8) is 0 Å². The smallest absolute Gasteiger partial charge is 0.220 e. The van der Waals surface area contributed by atoms with Crippen molar-refractivity contribution in [1.29, 1.82) is 0 Å². The number of nitrogens with zero attached hydrogens (tertiary/aromatic N) is 2. The van der Waals surface area contributed by atoms with Crippen molar-refractivity contribution in [3.8, 4) is 0 Å². The van der Waals surface area contributed by atoms with Crippen molar-refractivity contribution in [1.82, 2.24) is 14.9 Å². The monoisotopic (exact) mass is 286 g/mol. The Kier molecular flexibility index (Phi) is 5.37. The molecule has 5 heteroatoms. The fourth-order valence-corrected chi connectivity index (χ4v) is 2.21. The van der Waals surface area contributed by atoms with Gasteiger partial charge in [-0.15, -0.1) is 0 Å². The Morgan fingerprint density at radius 2 is 2.24 bits per heavy atom. The average molecular weight is 286 g/mol. The molecule has 0 radical (unpaired) electrons. The van der Waals surface area contributed by atoms with Crippen molar-refractivity contribution in [2.24, 2.45) is 5.92 Å². The van der Waals surface area contributed by atoms with Gasteiger partial charge in [-0.2, -0.15) is 0 Å². The van der Waals surface area contributed by atoms with Gasteiger partial charge < -0.3 is 15.6 Å². The minimum atomic E-state index is 0.0655. The third kappa shape index (κ3) is 4.95. The van der Waals surface area contributed by atoms with Crippen LogP contribution in [0.4, 0.5) is 5.69 Å². The lowest BCUT2D eigenvalue weighted by Gasteiger charge is -2.13. The lowest BCUT2D eigenvalue weighted by Crippen LogP contribution is -2.30. The number of amides is 1. The maximum absolute atomic E-state index is 11.9. The van der Waals surface area contributed by atoms with Gasteiger partial charge in [-0.1, -0.05) is 25.1 Å². The lowest BCUT2D eigenvalue weighted by molar-refractivity contribution is -0.121. The molecule has 0 saturated heterocycles. The van der Waals surface area contributed by atoms with Gasteiger partial charge in [0, 0.05) is 37.6 Å². The van der Waals surface area contributed by atoms with E-state index in [2.05, 4.69) is 17.2 Å². The fraction of sp³-hybridized carbons (Fsp3) is 0.375. The molecule has 2 rings (SSSR count). The van der Waals surface area contributed by atoms with Crippen molar-refractivity contribution < 1.29 is 4.79 Å². The highest BCUT2D eigenvalue weighted by atomic mass is 16.1. The van der Waals surface area contributed by atoms with Crippen LogP contribution >= 0.6 is 0 Å². The van der Waals surface area contributed by atoms with Crippen LogP contribution in [0.5, 0.6) is 0 Å². The Balaban J connectivity index is 1.69. The van der Waals surface area contributed by atoms with E-state index in [1.807, 2.05) is 35.0 Å². The van der Waals surface area contributed by atoms with Crippen molar-refractivity contribution in [3.05, 3.63) is 48.5 Å². The molecule has 0 fully saturated rings. The summed E-state index contributed by atoms with van der Waals surface area (Å²) in [6.45, 7) is 3.63. The van der Waals surface area contributed by atoms with Gasteiger partial charge in [0.2, 0.25) is 5.91 Å². The number of imidazole rings is 1. The van der Waals surface area contributed by atoms with Gasteiger partial charge in [0.15, 0.2) is 0 Å². The summed E-state index contributed by atoms with van der Waals surface area (Å²) >= 11 is 0. The number of hydrogen-bond donors (Lipinski definition) is 2. The number of aromatic nitrogens is 2. The van der Waals surface area contributed by atoms with Crippen LogP contribution in [-0.4, -0.2) is 22.0 Å². The molecule has 1 aromatic carbocycles. The number of carbonyl (C=O) groups is 1. The molecule has 0 aliphatic carbocycles. The van der Waals surface area contributed by atoms with E-state index in [0.717, 1.165) is 17.8 Å². The first-order valence-corrected chi connectivity index (χ1v) is 7.21. The first-order chi connectivity index (χ1) is 10.1. The number of nitrogen functional groups attached to an aromatic ring is 1. The van der Waals surface area contributed by atoms with Crippen LogP contribution < -0.4 is 11.1 Å². The van der Waals surface area contributed by atoms with Gasteiger partial charge in [0.1, 0.15) is 0 Å². The van der Waals surface area contributed by atoms with E-state index in [1.165, 1.54) is 0 Å². The zero-order chi connectivity index (χ0) is 15.1. The zero-order valence-corrected chi connectivity index (χ0v) is 12.3. The standard InChI is InChI=1S/C16H22N4O/c1-13(11-20-9-8-18-12-20)10-19-16(21)7-6-14-4-2-3-5-15(14)17/h2-5,8-9,12-13H,6-7,10-11,17H2,1H3,(H,19,21). The molecular weight excluding hydrogens is 264 g/mol. The summed E-state index contributed by atoms with van der Waals surface area (Å²) in [6, 6.07) is 7.66. The summed E-state index contributed by atoms with van der Waals surface area (Å²) in [5.41, 5.74) is 7.64. The predicted molar refractivity (Wildman–Crippen MR) is 83.6 cm³/mol. The summed E-state index contributed by atoms with van der Waals surface area (Å²) in [5.74, 6) is 0.431. The highest BCUT2D eigenvalue weighted by Crippen LogP contribution is 2.12. The predicted octanol–water partition coefficient (Wildman–Crippen LogP) is 1.85. The molecule has 0 saturated carbocycles. The second kappa shape index (κ2) is 7.47. The fourth-order valence-electron chi connectivity index (χ4n) is 2.21. The third-order valence-electron chi connectivity index (χ3n) is 3.41. The van der Waals surface area contributed by atoms with Crippen molar-refractivity contribution >= 4 is 11.6 Å². The molecule has 0 aliphatic rings. The molecule has 3 N–H and O–H groups in total. The molecule has 0 spiro atoms. The first kappa shape index (κ1) is 15.1. The Morgan fingerprint density at radius 3 is 2.95 bits per heavy atom. The lowest BCUT2D eigenvalue weighted by atomic mass is 10.1. The van der Waals surface area contributed by atoms with Gasteiger partial charge in [-0.25, -0.2) is 4.98 Å². The van der Waals surface area contributed by atoms with E-state index in [-0.39, 0.29) is 5.91 Å². The number of rotatable bonds is 7. The number of hydrogen-bond acceptors (Lipinski definition) is 3. The summed E-state index contributed by atoms with van der Waals surface area (Å²) in [4.78, 5) is 15.9. The Hall–Kier alpha value is -2.30. The minimum absolute atomic E-state index is 0.0655. The SMILES string of the molecule is CC(CNC(=O)CCc1ccccc1N)Cn1ccnc1. The van der Waals surface area contributed by atoms with Gasteiger partial charge >= 0.3 is 0 Å². The van der Waals surface area contributed by atoms with Crippen LogP contribution in [0.2, 0.25) is 0 Å². The zero-order valence-electron chi connectivity index (χ0n) is 12.3. The Bertz CT molecular complexity index is 565. The van der Waals surface area contributed by atoms with E-state index >= 15 is 0 Å². The van der Waals surface area contributed by atoms with E-state index in [0.29, 0.717) is 25.3 Å². The van der Waals surface area contributed by atoms with Gasteiger partial charge in [-0.3, -0.25) is 4.79 Å². The number of aryl methyl sites for hydroxylation is 1. The number of carbonyl (C=O) groups excluding carboxylic acids is 1. The molecule has 0 bridgehead atoms. The molecule has 1 amide bonds.